The smallest absolute Gasteiger partial charge is 0.190 e. The van der Waals surface area contributed by atoms with Crippen LogP contribution >= 0.6 is 35.3 Å². The molecule has 0 spiro atoms. The highest BCUT2D eigenvalue weighted by Gasteiger charge is 2.06. The molecule has 5 nitrogen and oxygen atoms in total. The number of aromatic nitrogens is 2. The molecule has 0 bridgehead atoms. The number of hydrogen-bond acceptors (Lipinski definition) is 3. The highest BCUT2D eigenvalue weighted by molar-refractivity contribution is 14.0. The number of guanidine groups is 1. The van der Waals surface area contributed by atoms with Gasteiger partial charge in [-0.25, -0.2) is 4.98 Å². The number of aliphatic imine (C=N–C) groups is 1. The third-order valence-corrected chi connectivity index (χ3v) is 5.08. The summed E-state index contributed by atoms with van der Waals surface area (Å²) >= 11 is 1.70. The zero-order valence-electron chi connectivity index (χ0n) is 15.4. The molecule has 140 valence electrons. The second kappa shape index (κ2) is 9.91. The summed E-state index contributed by atoms with van der Waals surface area (Å²) < 4.78 is 0. The van der Waals surface area contributed by atoms with E-state index in [-0.39, 0.29) is 24.0 Å². The van der Waals surface area contributed by atoms with Crippen LogP contribution in [0.25, 0.3) is 10.9 Å². The lowest BCUT2D eigenvalue weighted by molar-refractivity contribution is 0.778. The van der Waals surface area contributed by atoms with Gasteiger partial charge in [0.1, 0.15) is 0 Å². The fraction of sp³-hybridized carbons (Fsp3) is 0.368. The van der Waals surface area contributed by atoms with Gasteiger partial charge in [0.15, 0.2) is 5.96 Å². The van der Waals surface area contributed by atoms with Gasteiger partial charge in [0.25, 0.3) is 0 Å². The molecule has 26 heavy (non-hydrogen) atoms. The van der Waals surface area contributed by atoms with Gasteiger partial charge in [0.2, 0.25) is 0 Å². The number of halogens is 1. The van der Waals surface area contributed by atoms with Gasteiger partial charge < -0.3 is 15.6 Å². The lowest BCUT2D eigenvalue weighted by Crippen LogP contribution is -2.39. The topological polar surface area (TPSA) is 65.1 Å². The molecule has 0 saturated heterocycles. The monoisotopic (exact) mass is 483 g/mol. The normalized spacial score (nSPS) is 11.4. The molecular weight excluding hydrogens is 457 g/mol. The molecule has 0 unspecified atom stereocenters. The molecule has 0 aliphatic rings. The van der Waals surface area contributed by atoms with Gasteiger partial charge in [0.05, 0.1) is 10.7 Å². The maximum absolute atomic E-state index is 4.48. The maximum Gasteiger partial charge on any atom is 0.190 e. The van der Waals surface area contributed by atoms with Gasteiger partial charge in [-0.15, -0.1) is 35.3 Å². The zero-order valence-corrected chi connectivity index (χ0v) is 18.6. The number of nitrogens with one attached hydrogen (secondary N) is 3. The molecule has 0 aliphatic heterocycles. The molecule has 3 aromatic rings. The standard InChI is InChI=1S/C19H25N5S.HI/c1-13-5-4-6-17-15(11-23-18(13)17)7-9-21-19(20-3)22-10-8-16-12-25-14(2)24-16;/h4-6,11-12,23H,7-10H2,1-3H3,(H2,20,21,22);1H. The molecule has 0 radical (unpaired) electrons. The number of hydrogen-bond donors (Lipinski definition) is 3. The summed E-state index contributed by atoms with van der Waals surface area (Å²) in [5, 5.41) is 11.3. The first-order chi connectivity index (χ1) is 12.2. The van der Waals surface area contributed by atoms with Crippen LogP contribution in [0.2, 0.25) is 0 Å². The summed E-state index contributed by atoms with van der Waals surface area (Å²) in [6, 6.07) is 6.43. The lowest BCUT2D eigenvalue weighted by Gasteiger charge is -2.11. The van der Waals surface area contributed by atoms with Crippen LogP contribution in [-0.2, 0) is 12.8 Å². The third kappa shape index (κ3) is 5.20. The summed E-state index contributed by atoms with van der Waals surface area (Å²) in [5.74, 6) is 0.836. The Balaban J connectivity index is 0.00000243. The fourth-order valence-corrected chi connectivity index (χ4v) is 3.59. The van der Waals surface area contributed by atoms with Crippen molar-refractivity contribution in [2.45, 2.75) is 26.7 Å². The van der Waals surface area contributed by atoms with Crippen molar-refractivity contribution >= 4 is 52.2 Å². The van der Waals surface area contributed by atoms with Crippen molar-refractivity contribution in [3.05, 3.63) is 51.6 Å². The molecule has 7 heteroatoms. The van der Waals surface area contributed by atoms with Crippen molar-refractivity contribution in [3.8, 4) is 0 Å². The van der Waals surface area contributed by atoms with Crippen molar-refractivity contribution in [1.82, 2.24) is 20.6 Å². The van der Waals surface area contributed by atoms with Crippen LogP contribution in [0.15, 0.2) is 34.8 Å². The minimum Gasteiger partial charge on any atom is -0.361 e. The first-order valence-corrected chi connectivity index (χ1v) is 9.46. The third-order valence-electron chi connectivity index (χ3n) is 4.26. The Morgan fingerprint density at radius 2 is 1.96 bits per heavy atom. The van der Waals surface area contributed by atoms with Crippen LogP contribution in [0.5, 0.6) is 0 Å². The number of nitrogens with zero attached hydrogens (tertiary/aromatic N) is 2. The highest BCUT2D eigenvalue weighted by Crippen LogP contribution is 2.21. The molecule has 0 saturated carbocycles. The van der Waals surface area contributed by atoms with Crippen molar-refractivity contribution in [2.75, 3.05) is 20.1 Å². The van der Waals surface area contributed by atoms with Crippen LogP contribution < -0.4 is 10.6 Å². The Morgan fingerprint density at radius 3 is 2.65 bits per heavy atom. The Hall–Kier alpha value is -1.61. The fourth-order valence-electron chi connectivity index (χ4n) is 2.94. The van der Waals surface area contributed by atoms with Crippen molar-refractivity contribution < 1.29 is 0 Å². The Bertz CT molecular complexity index is 868. The second-order valence-electron chi connectivity index (χ2n) is 6.10. The number of thiazole rings is 1. The SMILES string of the molecule is CN=C(NCCc1csc(C)n1)NCCc1c[nH]c2c(C)cccc12.I. The maximum atomic E-state index is 4.48. The molecule has 0 aliphatic carbocycles. The largest absolute Gasteiger partial charge is 0.361 e. The molecule has 0 fully saturated rings. The van der Waals surface area contributed by atoms with Gasteiger partial charge in [-0.3, -0.25) is 4.99 Å². The first kappa shape index (κ1) is 20.7. The lowest BCUT2D eigenvalue weighted by atomic mass is 10.1. The van der Waals surface area contributed by atoms with E-state index in [1.807, 2.05) is 6.92 Å². The average molecular weight is 483 g/mol. The number of aryl methyl sites for hydroxylation is 2. The number of H-pyrrole nitrogens is 1. The van der Waals surface area contributed by atoms with E-state index in [0.717, 1.165) is 42.6 Å². The molecule has 3 rings (SSSR count). The van der Waals surface area contributed by atoms with E-state index in [2.05, 4.69) is 62.3 Å². The van der Waals surface area contributed by atoms with Crippen LogP contribution in [0.1, 0.15) is 21.8 Å². The first-order valence-electron chi connectivity index (χ1n) is 8.58. The number of aromatic amines is 1. The molecule has 1 aromatic carbocycles. The second-order valence-corrected chi connectivity index (χ2v) is 7.16. The Kier molecular flexibility index (Phi) is 7.89. The molecule has 2 heterocycles. The van der Waals surface area contributed by atoms with Gasteiger partial charge in [-0.1, -0.05) is 18.2 Å². The van der Waals surface area contributed by atoms with Crippen LogP contribution in [-0.4, -0.2) is 36.1 Å². The Labute approximate surface area is 175 Å². The molecule has 0 amide bonds. The predicted molar refractivity (Wildman–Crippen MR) is 122 cm³/mol. The number of fused-ring (bicyclic) bond motifs is 1. The van der Waals surface area contributed by atoms with E-state index in [9.17, 15) is 0 Å². The summed E-state index contributed by atoms with van der Waals surface area (Å²) in [6.45, 7) is 5.84. The van der Waals surface area contributed by atoms with E-state index >= 15 is 0 Å². The predicted octanol–water partition coefficient (Wildman–Crippen LogP) is 3.81. The number of rotatable bonds is 6. The summed E-state index contributed by atoms with van der Waals surface area (Å²) in [4.78, 5) is 12.2. The molecule has 2 aromatic heterocycles. The molecule has 3 N–H and O–H groups in total. The summed E-state index contributed by atoms with van der Waals surface area (Å²) in [6.07, 6.45) is 3.97. The average Bonchev–Trinajstić information content (AvgIpc) is 3.21. The summed E-state index contributed by atoms with van der Waals surface area (Å²) in [5.41, 5.74) is 4.99. The molecule has 0 atom stereocenters. The zero-order chi connectivity index (χ0) is 17.6. The quantitative estimate of drug-likeness (QED) is 0.284. The van der Waals surface area contributed by atoms with Crippen molar-refractivity contribution in [2.24, 2.45) is 4.99 Å². The van der Waals surface area contributed by atoms with E-state index in [0.29, 0.717) is 0 Å². The minimum absolute atomic E-state index is 0. The van der Waals surface area contributed by atoms with Crippen LogP contribution in [0, 0.1) is 13.8 Å². The van der Waals surface area contributed by atoms with Crippen molar-refractivity contribution in [1.29, 1.82) is 0 Å². The number of benzene rings is 1. The molecular formula is C19H26IN5S. The number of para-hydroxylation sites is 1. The minimum atomic E-state index is 0. The van der Waals surface area contributed by atoms with Gasteiger partial charge >= 0.3 is 0 Å². The Morgan fingerprint density at radius 1 is 1.19 bits per heavy atom. The van der Waals surface area contributed by atoms with Crippen LogP contribution in [0.4, 0.5) is 0 Å². The van der Waals surface area contributed by atoms with E-state index in [4.69, 9.17) is 0 Å². The van der Waals surface area contributed by atoms with Gasteiger partial charge in [-0.05, 0) is 31.4 Å². The van der Waals surface area contributed by atoms with E-state index < -0.39 is 0 Å². The summed E-state index contributed by atoms with van der Waals surface area (Å²) in [7, 11) is 1.80. The van der Waals surface area contributed by atoms with E-state index in [1.165, 1.54) is 22.0 Å². The highest BCUT2D eigenvalue weighted by atomic mass is 127. The van der Waals surface area contributed by atoms with Crippen LogP contribution in [0.3, 0.4) is 0 Å². The van der Waals surface area contributed by atoms with Gasteiger partial charge in [0, 0.05) is 49.0 Å². The van der Waals surface area contributed by atoms with E-state index in [1.54, 1.807) is 18.4 Å². The van der Waals surface area contributed by atoms with Gasteiger partial charge in [-0.2, -0.15) is 0 Å². The van der Waals surface area contributed by atoms with Crippen molar-refractivity contribution in [3.63, 3.8) is 0 Å².